The summed E-state index contributed by atoms with van der Waals surface area (Å²) in [6, 6.07) is 17.1. The molecule has 2 aromatic carbocycles. The number of carbonyl (C=O) groups excluding carboxylic acids is 2. The van der Waals surface area contributed by atoms with Crippen molar-refractivity contribution in [2.45, 2.75) is 64.1 Å². The monoisotopic (exact) mass is 408 g/mol. The molecule has 1 N–H and O–H groups in total. The fourth-order valence-electron chi connectivity index (χ4n) is 4.09. The highest BCUT2D eigenvalue weighted by Gasteiger charge is 2.30. The zero-order chi connectivity index (χ0) is 21.3. The quantitative estimate of drug-likeness (QED) is 0.679. The van der Waals surface area contributed by atoms with Gasteiger partial charge in [-0.05, 0) is 42.5 Å². The largest absolute Gasteiger partial charge is 0.497 e. The van der Waals surface area contributed by atoms with E-state index >= 15 is 0 Å². The lowest BCUT2D eigenvalue weighted by Crippen LogP contribution is -2.51. The van der Waals surface area contributed by atoms with Crippen LogP contribution in [0.25, 0.3) is 0 Å². The van der Waals surface area contributed by atoms with E-state index < -0.39 is 6.04 Å². The highest BCUT2D eigenvalue weighted by atomic mass is 16.5. The van der Waals surface area contributed by atoms with Gasteiger partial charge < -0.3 is 15.0 Å². The Balaban J connectivity index is 1.79. The Hall–Kier alpha value is -2.82. The second-order valence-electron chi connectivity index (χ2n) is 7.95. The molecule has 1 fully saturated rings. The molecule has 0 aromatic heterocycles. The molecule has 160 valence electrons. The first-order valence-electron chi connectivity index (χ1n) is 10.9. The van der Waals surface area contributed by atoms with Gasteiger partial charge in [0.1, 0.15) is 11.8 Å². The lowest BCUT2D eigenvalue weighted by molar-refractivity contribution is -0.141. The van der Waals surface area contributed by atoms with E-state index in [1.807, 2.05) is 61.5 Å². The van der Waals surface area contributed by atoms with Gasteiger partial charge >= 0.3 is 0 Å². The molecule has 2 aromatic rings. The van der Waals surface area contributed by atoms with Crippen LogP contribution in [0.5, 0.6) is 5.75 Å². The van der Waals surface area contributed by atoms with E-state index in [0.29, 0.717) is 13.0 Å². The zero-order valence-corrected chi connectivity index (χ0v) is 18.0. The van der Waals surface area contributed by atoms with Gasteiger partial charge in [-0.1, -0.05) is 62.2 Å². The number of ether oxygens (including phenoxy) is 1. The van der Waals surface area contributed by atoms with Crippen molar-refractivity contribution < 1.29 is 14.3 Å². The van der Waals surface area contributed by atoms with Crippen LogP contribution in [0.15, 0.2) is 54.6 Å². The summed E-state index contributed by atoms with van der Waals surface area (Å²) in [4.78, 5) is 28.1. The van der Waals surface area contributed by atoms with Crippen LogP contribution >= 0.6 is 0 Å². The minimum absolute atomic E-state index is 0.0366. The molecule has 3 rings (SSSR count). The van der Waals surface area contributed by atoms with E-state index in [1.54, 1.807) is 12.0 Å². The standard InChI is InChI=1S/C25H32N2O3/c1-3-23(25(29)26-21-11-7-8-12-21)27(18-20-13-15-22(30-2)16-14-20)24(28)17-19-9-5-4-6-10-19/h4-6,9-10,13-16,21,23H,3,7-8,11-12,17-18H2,1-2H3,(H,26,29)/t23-/m0/s1. The van der Waals surface area contributed by atoms with Gasteiger partial charge in [0.15, 0.2) is 0 Å². The van der Waals surface area contributed by atoms with Gasteiger partial charge in [-0.3, -0.25) is 9.59 Å². The molecular weight excluding hydrogens is 376 g/mol. The molecule has 0 heterocycles. The molecular formula is C25H32N2O3. The Kier molecular flexibility index (Phi) is 7.89. The van der Waals surface area contributed by atoms with Gasteiger partial charge in [-0.25, -0.2) is 0 Å². The molecule has 0 radical (unpaired) electrons. The van der Waals surface area contributed by atoms with Gasteiger partial charge in [0, 0.05) is 12.6 Å². The smallest absolute Gasteiger partial charge is 0.243 e. The summed E-state index contributed by atoms with van der Waals surface area (Å²) in [6.07, 6.45) is 5.23. The summed E-state index contributed by atoms with van der Waals surface area (Å²) in [5.41, 5.74) is 1.93. The molecule has 0 spiro atoms. The lowest BCUT2D eigenvalue weighted by Gasteiger charge is -2.31. The summed E-state index contributed by atoms with van der Waals surface area (Å²) < 4.78 is 5.24. The van der Waals surface area contributed by atoms with Crippen LogP contribution < -0.4 is 10.1 Å². The maximum atomic E-state index is 13.3. The molecule has 2 amide bonds. The Bertz CT molecular complexity index is 814. The van der Waals surface area contributed by atoms with Crippen molar-refractivity contribution in [3.63, 3.8) is 0 Å². The topological polar surface area (TPSA) is 58.6 Å². The van der Waals surface area contributed by atoms with Gasteiger partial charge in [0.2, 0.25) is 11.8 Å². The van der Waals surface area contributed by atoms with E-state index in [0.717, 1.165) is 42.6 Å². The number of benzene rings is 2. The molecule has 0 bridgehead atoms. The van der Waals surface area contributed by atoms with Crippen molar-refractivity contribution in [2.24, 2.45) is 0 Å². The Morgan fingerprint density at radius 2 is 1.70 bits per heavy atom. The van der Waals surface area contributed by atoms with Crippen LogP contribution in [0.1, 0.15) is 50.2 Å². The Morgan fingerprint density at radius 3 is 2.30 bits per heavy atom. The number of nitrogens with one attached hydrogen (secondary N) is 1. The van der Waals surface area contributed by atoms with Crippen molar-refractivity contribution in [1.29, 1.82) is 0 Å². The van der Waals surface area contributed by atoms with E-state index in [4.69, 9.17) is 4.74 Å². The van der Waals surface area contributed by atoms with Gasteiger partial charge in [-0.2, -0.15) is 0 Å². The third kappa shape index (κ3) is 5.85. The highest BCUT2D eigenvalue weighted by Crippen LogP contribution is 2.20. The molecule has 0 aliphatic heterocycles. The molecule has 0 unspecified atom stereocenters. The minimum atomic E-state index is -0.482. The lowest BCUT2D eigenvalue weighted by atomic mass is 10.1. The fraction of sp³-hybridized carbons (Fsp3) is 0.440. The number of methoxy groups -OCH3 is 1. The number of hydrogen-bond donors (Lipinski definition) is 1. The van der Waals surface area contributed by atoms with E-state index in [-0.39, 0.29) is 24.3 Å². The maximum absolute atomic E-state index is 13.3. The van der Waals surface area contributed by atoms with Gasteiger partial charge in [0.05, 0.1) is 13.5 Å². The molecule has 1 aliphatic carbocycles. The molecule has 0 saturated heterocycles. The SMILES string of the molecule is CC[C@@H](C(=O)NC1CCCC1)N(Cc1ccc(OC)cc1)C(=O)Cc1ccccc1. The van der Waals surface area contributed by atoms with E-state index in [2.05, 4.69) is 5.32 Å². The van der Waals surface area contributed by atoms with E-state index in [1.165, 1.54) is 0 Å². The summed E-state index contributed by atoms with van der Waals surface area (Å²) in [6.45, 7) is 2.36. The van der Waals surface area contributed by atoms with Crippen molar-refractivity contribution in [3.8, 4) is 5.75 Å². The Labute approximate surface area is 179 Å². The summed E-state index contributed by atoms with van der Waals surface area (Å²) in [5.74, 6) is 0.691. The van der Waals surface area contributed by atoms with Crippen LogP contribution in [0, 0.1) is 0 Å². The number of rotatable bonds is 9. The van der Waals surface area contributed by atoms with E-state index in [9.17, 15) is 9.59 Å². The average molecular weight is 409 g/mol. The Morgan fingerprint density at radius 1 is 1.03 bits per heavy atom. The summed E-state index contributed by atoms with van der Waals surface area (Å²) in [7, 11) is 1.63. The molecule has 1 saturated carbocycles. The van der Waals surface area contributed by atoms with Crippen molar-refractivity contribution >= 4 is 11.8 Å². The summed E-state index contributed by atoms with van der Waals surface area (Å²) in [5, 5.41) is 3.18. The molecule has 1 atom stereocenters. The normalized spacial score (nSPS) is 14.9. The minimum Gasteiger partial charge on any atom is -0.497 e. The van der Waals surface area contributed by atoms with Crippen molar-refractivity contribution in [1.82, 2.24) is 10.2 Å². The van der Waals surface area contributed by atoms with Crippen LogP contribution in [-0.2, 0) is 22.6 Å². The second kappa shape index (κ2) is 10.8. The first-order valence-corrected chi connectivity index (χ1v) is 10.9. The number of amides is 2. The molecule has 5 nitrogen and oxygen atoms in total. The first-order chi connectivity index (χ1) is 14.6. The summed E-state index contributed by atoms with van der Waals surface area (Å²) >= 11 is 0. The highest BCUT2D eigenvalue weighted by molar-refractivity contribution is 5.88. The van der Waals surface area contributed by atoms with Crippen molar-refractivity contribution in [3.05, 3.63) is 65.7 Å². The van der Waals surface area contributed by atoms with Crippen LogP contribution in [-0.4, -0.2) is 35.9 Å². The van der Waals surface area contributed by atoms with Gasteiger partial charge in [0.25, 0.3) is 0 Å². The third-order valence-electron chi connectivity index (χ3n) is 5.80. The predicted octanol–water partition coefficient (Wildman–Crippen LogP) is 4.10. The van der Waals surface area contributed by atoms with Gasteiger partial charge in [-0.15, -0.1) is 0 Å². The fourth-order valence-corrected chi connectivity index (χ4v) is 4.09. The second-order valence-corrected chi connectivity index (χ2v) is 7.95. The third-order valence-corrected chi connectivity index (χ3v) is 5.80. The molecule has 5 heteroatoms. The average Bonchev–Trinajstić information content (AvgIpc) is 3.27. The maximum Gasteiger partial charge on any atom is 0.243 e. The zero-order valence-electron chi connectivity index (χ0n) is 18.0. The van der Waals surface area contributed by atoms with Crippen LogP contribution in [0.3, 0.4) is 0 Å². The molecule has 1 aliphatic rings. The predicted molar refractivity (Wildman–Crippen MR) is 118 cm³/mol. The molecule has 30 heavy (non-hydrogen) atoms. The van der Waals surface area contributed by atoms with Crippen LogP contribution in [0.4, 0.5) is 0 Å². The number of nitrogens with zero attached hydrogens (tertiary/aromatic N) is 1. The first kappa shape index (κ1) is 21.9. The van der Waals surface area contributed by atoms with Crippen LogP contribution in [0.2, 0.25) is 0 Å². The number of hydrogen-bond acceptors (Lipinski definition) is 3. The van der Waals surface area contributed by atoms with Crippen molar-refractivity contribution in [2.75, 3.05) is 7.11 Å². The number of carbonyl (C=O) groups is 2.